The Bertz CT molecular complexity index is 269. The largest absolute Gasteiger partial charge is 0.292 e. The van der Waals surface area contributed by atoms with Gasteiger partial charge in [0.05, 0.1) is 6.20 Å². The first-order valence-corrected chi connectivity index (χ1v) is 6.49. The number of rotatable bonds is 9. The van der Waals surface area contributed by atoms with Gasteiger partial charge < -0.3 is 0 Å². The van der Waals surface area contributed by atoms with Crippen molar-refractivity contribution < 1.29 is 4.79 Å². The molecule has 90 valence electrons. The topological polar surface area (TPSA) is 41.8 Å². The second-order valence-electron chi connectivity index (χ2n) is 4.40. The van der Waals surface area contributed by atoms with E-state index >= 15 is 0 Å². The van der Waals surface area contributed by atoms with Crippen LogP contribution in [0, 0.1) is 0 Å². The van der Waals surface area contributed by atoms with Gasteiger partial charge in [0.1, 0.15) is 0 Å². The van der Waals surface area contributed by atoms with Crippen LogP contribution in [-0.4, -0.2) is 5.91 Å². The lowest BCUT2D eigenvalue weighted by atomic mass is 10.0. The van der Waals surface area contributed by atoms with Crippen molar-refractivity contribution in [1.29, 1.82) is 0 Å². The van der Waals surface area contributed by atoms with Crippen molar-refractivity contribution in [1.82, 2.24) is 0 Å². The maximum absolute atomic E-state index is 11.1. The maximum atomic E-state index is 11.1. The number of hydrogen-bond donors (Lipinski definition) is 0. The van der Waals surface area contributed by atoms with Crippen LogP contribution in [0.5, 0.6) is 0 Å². The molecule has 1 aliphatic heterocycles. The highest BCUT2D eigenvalue weighted by molar-refractivity contribution is 5.95. The van der Waals surface area contributed by atoms with E-state index in [2.05, 4.69) is 17.2 Å². The summed E-state index contributed by atoms with van der Waals surface area (Å²) in [5.74, 6) is -0.136. The van der Waals surface area contributed by atoms with Crippen molar-refractivity contribution in [3.8, 4) is 0 Å². The monoisotopic (exact) mass is 222 g/mol. The van der Waals surface area contributed by atoms with E-state index in [0.29, 0.717) is 0 Å². The highest BCUT2D eigenvalue weighted by atomic mass is 16.2. The Morgan fingerprint density at radius 3 is 2.19 bits per heavy atom. The first-order chi connectivity index (χ1) is 7.84. The minimum atomic E-state index is -0.136. The summed E-state index contributed by atoms with van der Waals surface area (Å²) >= 11 is 0. The summed E-state index contributed by atoms with van der Waals surface area (Å²) in [4.78, 5) is 11.1. The van der Waals surface area contributed by atoms with Gasteiger partial charge in [-0.25, -0.2) is 0 Å². The van der Waals surface area contributed by atoms with Crippen LogP contribution in [0.15, 0.2) is 22.0 Å². The van der Waals surface area contributed by atoms with E-state index < -0.39 is 0 Å². The first-order valence-electron chi connectivity index (χ1n) is 6.49. The second-order valence-corrected chi connectivity index (χ2v) is 4.40. The van der Waals surface area contributed by atoms with Crippen LogP contribution < -0.4 is 0 Å². The summed E-state index contributed by atoms with van der Waals surface area (Å²) in [6.07, 6.45) is 12.8. The molecule has 0 aromatic heterocycles. The second kappa shape index (κ2) is 8.20. The number of carbonyl (C=O) groups is 1. The molecule has 0 atom stereocenters. The molecule has 0 radical (unpaired) electrons. The zero-order chi connectivity index (χ0) is 11.6. The van der Waals surface area contributed by atoms with Crippen molar-refractivity contribution in [2.45, 2.75) is 64.7 Å². The van der Waals surface area contributed by atoms with Gasteiger partial charge in [-0.15, -0.1) is 5.11 Å². The molecule has 0 aromatic rings. The third-order valence-corrected chi connectivity index (χ3v) is 2.94. The molecule has 0 aromatic carbocycles. The van der Waals surface area contributed by atoms with Crippen molar-refractivity contribution in [2.24, 2.45) is 10.2 Å². The molecule has 0 saturated heterocycles. The van der Waals surface area contributed by atoms with E-state index in [4.69, 9.17) is 0 Å². The Morgan fingerprint density at radius 1 is 1.00 bits per heavy atom. The zero-order valence-electron chi connectivity index (χ0n) is 10.2. The lowest BCUT2D eigenvalue weighted by Gasteiger charge is -2.01. The average Bonchev–Trinajstić information content (AvgIpc) is 2.68. The van der Waals surface area contributed by atoms with Gasteiger partial charge >= 0.3 is 0 Å². The molecule has 0 saturated carbocycles. The normalized spacial score (nSPS) is 14.6. The lowest BCUT2D eigenvalue weighted by molar-refractivity contribution is -0.114. The lowest BCUT2D eigenvalue weighted by Crippen LogP contribution is -1.94. The fourth-order valence-electron chi connectivity index (χ4n) is 1.89. The molecule has 0 fully saturated rings. The predicted octanol–water partition coefficient (Wildman–Crippen LogP) is 4.39. The molecule has 16 heavy (non-hydrogen) atoms. The van der Waals surface area contributed by atoms with Crippen LogP contribution in [0.25, 0.3) is 0 Å². The highest BCUT2D eigenvalue weighted by Gasteiger charge is 2.11. The number of amides is 1. The molecule has 0 unspecified atom stereocenters. The van der Waals surface area contributed by atoms with Crippen molar-refractivity contribution in [3.63, 3.8) is 0 Å². The van der Waals surface area contributed by atoms with E-state index in [1.54, 1.807) is 6.20 Å². The third-order valence-electron chi connectivity index (χ3n) is 2.94. The van der Waals surface area contributed by atoms with E-state index in [1.807, 2.05) is 0 Å². The fraction of sp³-hybridized carbons (Fsp3) is 0.769. The molecule has 3 heteroatoms. The number of nitrogens with zero attached hydrogens (tertiary/aromatic N) is 2. The standard InChI is InChI=1S/C13H22N2O/c1-2-3-4-5-6-7-8-9-10-12-11-14-15-13(12)16/h11H,2-10H2,1H3. The van der Waals surface area contributed by atoms with E-state index in [0.717, 1.165) is 18.4 Å². The molecule has 0 bridgehead atoms. The van der Waals surface area contributed by atoms with Crippen LogP contribution >= 0.6 is 0 Å². The minimum absolute atomic E-state index is 0.136. The van der Waals surface area contributed by atoms with Gasteiger partial charge in [-0.2, -0.15) is 5.11 Å². The Kier molecular flexibility index (Phi) is 6.70. The van der Waals surface area contributed by atoms with Crippen LogP contribution in [-0.2, 0) is 4.79 Å². The molecule has 1 rings (SSSR count). The van der Waals surface area contributed by atoms with Crippen molar-refractivity contribution in [3.05, 3.63) is 11.8 Å². The number of azo groups is 1. The molecule has 1 aliphatic rings. The molecule has 3 nitrogen and oxygen atoms in total. The van der Waals surface area contributed by atoms with Crippen LogP contribution in [0.2, 0.25) is 0 Å². The Hall–Kier alpha value is -0.990. The van der Waals surface area contributed by atoms with Crippen LogP contribution in [0.4, 0.5) is 0 Å². The number of carbonyl (C=O) groups excluding carboxylic acids is 1. The Labute approximate surface area is 98.0 Å². The van der Waals surface area contributed by atoms with E-state index in [1.165, 1.54) is 44.9 Å². The maximum Gasteiger partial charge on any atom is 0.292 e. The molecule has 0 aliphatic carbocycles. The van der Waals surface area contributed by atoms with Gasteiger partial charge in [-0.3, -0.25) is 4.79 Å². The van der Waals surface area contributed by atoms with E-state index in [9.17, 15) is 4.79 Å². The van der Waals surface area contributed by atoms with Gasteiger partial charge in [-0.05, 0) is 12.8 Å². The van der Waals surface area contributed by atoms with E-state index in [-0.39, 0.29) is 5.91 Å². The summed E-state index contributed by atoms with van der Waals surface area (Å²) in [5, 5.41) is 7.07. The van der Waals surface area contributed by atoms with Gasteiger partial charge in [-0.1, -0.05) is 51.9 Å². The smallest absolute Gasteiger partial charge is 0.265 e. The van der Waals surface area contributed by atoms with Gasteiger partial charge in [0, 0.05) is 5.57 Å². The number of unbranched alkanes of at least 4 members (excludes halogenated alkanes) is 7. The third kappa shape index (κ3) is 5.19. The van der Waals surface area contributed by atoms with Crippen LogP contribution in [0.3, 0.4) is 0 Å². The summed E-state index contributed by atoms with van der Waals surface area (Å²) in [6, 6.07) is 0. The molecular formula is C13H22N2O. The summed E-state index contributed by atoms with van der Waals surface area (Å²) in [7, 11) is 0. The summed E-state index contributed by atoms with van der Waals surface area (Å²) < 4.78 is 0. The summed E-state index contributed by atoms with van der Waals surface area (Å²) in [5.41, 5.74) is 0.783. The van der Waals surface area contributed by atoms with Crippen molar-refractivity contribution in [2.75, 3.05) is 0 Å². The van der Waals surface area contributed by atoms with Crippen molar-refractivity contribution >= 4 is 5.91 Å². The van der Waals surface area contributed by atoms with Gasteiger partial charge in [0.15, 0.2) is 0 Å². The quantitative estimate of drug-likeness (QED) is 0.533. The Morgan fingerprint density at radius 2 is 1.62 bits per heavy atom. The molecule has 0 N–H and O–H groups in total. The molecule has 1 amide bonds. The Balaban J connectivity index is 1.87. The zero-order valence-corrected chi connectivity index (χ0v) is 10.2. The predicted molar refractivity (Wildman–Crippen MR) is 65.2 cm³/mol. The summed E-state index contributed by atoms with van der Waals surface area (Å²) in [6.45, 7) is 2.24. The molecular weight excluding hydrogens is 200 g/mol. The highest BCUT2D eigenvalue weighted by Crippen LogP contribution is 2.16. The molecule has 1 heterocycles. The van der Waals surface area contributed by atoms with Gasteiger partial charge in [0.2, 0.25) is 0 Å². The number of hydrogen-bond acceptors (Lipinski definition) is 2. The first kappa shape index (κ1) is 13.1. The molecule has 0 spiro atoms. The minimum Gasteiger partial charge on any atom is -0.265 e. The SMILES string of the molecule is CCCCCCCCCCC1=CN=NC1=O. The fourth-order valence-corrected chi connectivity index (χ4v) is 1.89. The average molecular weight is 222 g/mol. The van der Waals surface area contributed by atoms with Crippen LogP contribution in [0.1, 0.15) is 64.7 Å². The van der Waals surface area contributed by atoms with Gasteiger partial charge in [0.25, 0.3) is 5.91 Å².